The van der Waals surface area contributed by atoms with Gasteiger partial charge in [0.1, 0.15) is 0 Å². The number of benzene rings is 1. The first-order chi connectivity index (χ1) is 15.3. The number of hydrogen-bond acceptors (Lipinski definition) is 6. The van der Waals surface area contributed by atoms with Gasteiger partial charge in [-0.1, -0.05) is 24.3 Å². The monoisotopic (exact) mass is 461 g/mol. The molecule has 2 amide bonds. The van der Waals surface area contributed by atoms with Gasteiger partial charge in [0.2, 0.25) is 0 Å². The third kappa shape index (κ3) is 4.53. The molecule has 3 aliphatic heterocycles. The molecule has 4 rings (SSSR count). The molecule has 172 valence electrons. The fourth-order valence-electron chi connectivity index (χ4n) is 4.35. The smallest absolute Gasteiger partial charge is 0.407 e. The van der Waals surface area contributed by atoms with Crippen LogP contribution in [0.2, 0.25) is 0 Å². The Morgan fingerprint density at radius 2 is 2.03 bits per heavy atom. The summed E-state index contributed by atoms with van der Waals surface area (Å²) in [6.45, 7) is 3.38. The summed E-state index contributed by atoms with van der Waals surface area (Å²) in [4.78, 5) is 34.1. The minimum Gasteiger partial charge on any atom is -0.465 e. The number of nitrogens with zero attached hydrogens (tertiary/aromatic N) is 4. The SMILES string of the molecule is CN(C)C1(F)CCN(C(=O)O)C(c2ccccc2C=C2SC(N3CCNCC3)=NC2=O)C1. The van der Waals surface area contributed by atoms with Crippen molar-refractivity contribution in [1.82, 2.24) is 20.0 Å². The molecule has 0 saturated carbocycles. The standard InChI is InChI=1S/C22H28FN5O3S/c1-26(2)22(23)7-10-28(21(30)31)17(14-22)16-6-4-3-5-15(16)13-18-19(29)25-20(32-18)27-11-8-24-9-12-27/h3-6,13,17,24H,7-12,14H2,1-2H3,(H,30,31). The highest BCUT2D eigenvalue weighted by molar-refractivity contribution is 8.18. The first-order valence-electron chi connectivity index (χ1n) is 10.7. The molecule has 2 fully saturated rings. The van der Waals surface area contributed by atoms with E-state index in [0.29, 0.717) is 21.2 Å². The zero-order valence-electron chi connectivity index (χ0n) is 18.3. The quantitative estimate of drug-likeness (QED) is 0.528. The predicted octanol–water partition coefficient (Wildman–Crippen LogP) is 2.60. The Morgan fingerprint density at radius 3 is 2.72 bits per heavy atom. The highest BCUT2D eigenvalue weighted by Crippen LogP contribution is 2.42. The summed E-state index contributed by atoms with van der Waals surface area (Å²) in [7, 11) is 3.34. The van der Waals surface area contributed by atoms with Crippen molar-refractivity contribution >= 4 is 35.0 Å². The van der Waals surface area contributed by atoms with Crippen molar-refractivity contribution in [1.29, 1.82) is 0 Å². The van der Waals surface area contributed by atoms with Crippen molar-refractivity contribution in [3.8, 4) is 0 Å². The van der Waals surface area contributed by atoms with Gasteiger partial charge >= 0.3 is 6.09 Å². The maximum Gasteiger partial charge on any atom is 0.407 e. The van der Waals surface area contributed by atoms with Gasteiger partial charge in [0.15, 0.2) is 11.0 Å². The summed E-state index contributed by atoms with van der Waals surface area (Å²) in [5.41, 5.74) is 1.40. The number of piperidine rings is 1. The number of alkyl halides is 1. The Bertz CT molecular complexity index is 963. The zero-order valence-corrected chi connectivity index (χ0v) is 19.1. The fourth-order valence-corrected chi connectivity index (χ4v) is 5.30. The van der Waals surface area contributed by atoms with Crippen molar-refractivity contribution in [2.24, 2.45) is 4.99 Å². The molecule has 8 nitrogen and oxygen atoms in total. The van der Waals surface area contributed by atoms with Gasteiger partial charge in [0, 0.05) is 45.6 Å². The largest absolute Gasteiger partial charge is 0.465 e. The van der Waals surface area contributed by atoms with Crippen LogP contribution in [-0.2, 0) is 4.79 Å². The Morgan fingerprint density at radius 1 is 1.31 bits per heavy atom. The summed E-state index contributed by atoms with van der Waals surface area (Å²) in [6, 6.07) is 6.64. The predicted molar refractivity (Wildman–Crippen MR) is 123 cm³/mol. The molecule has 2 N–H and O–H groups in total. The molecule has 0 aromatic heterocycles. The third-order valence-electron chi connectivity index (χ3n) is 6.30. The molecule has 1 aromatic rings. The van der Waals surface area contributed by atoms with Crippen LogP contribution in [0.3, 0.4) is 0 Å². The number of aliphatic imine (C=N–C) groups is 1. The molecule has 1 aromatic carbocycles. The maximum atomic E-state index is 15.5. The van der Waals surface area contributed by atoms with E-state index in [1.54, 1.807) is 20.2 Å². The molecule has 0 aliphatic carbocycles. The molecule has 3 heterocycles. The van der Waals surface area contributed by atoms with Gasteiger partial charge in [-0.25, -0.2) is 9.18 Å². The first kappa shape index (κ1) is 22.8. The molecule has 2 atom stereocenters. The minimum atomic E-state index is -1.60. The van der Waals surface area contributed by atoms with Gasteiger partial charge in [0.25, 0.3) is 5.91 Å². The summed E-state index contributed by atoms with van der Waals surface area (Å²) >= 11 is 1.33. The maximum absolute atomic E-state index is 15.5. The van der Waals surface area contributed by atoms with E-state index in [-0.39, 0.29) is 25.3 Å². The van der Waals surface area contributed by atoms with Crippen LogP contribution in [0.5, 0.6) is 0 Å². The molecule has 32 heavy (non-hydrogen) atoms. The molecule has 0 bridgehead atoms. The molecular weight excluding hydrogens is 433 g/mol. The van der Waals surface area contributed by atoms with E-state index in [1.807, 2.05) is 24.3 Å². The average molecular weight is 462 g/mol. The van der Waals surface area contributed by atoms with Crippen LogP contribution in [-0.4, -0.2) is 89.6 Å². The first-order valence-corrected chi connectivity index (χ1v) is 11.5. The lowest BCUT2D eigenvalue weighted by atomic mass is 9.87. The van der Waals surface area contributed by atoms with Gasteiger partial charge in [0.05, 0.1) is 10.9 Å². The topological polar surface area (TPSA) is 88.5 Å². The number of amidine groups is 1. The van der Waals surface area contributed by atoms with E-state index in [9.17, 15) is 14.7 Å². The number of hydrogen-bond donors (Lipinski definition) is 2. The lowest BCUT2D eigenvalue weighted by molar-refractivity contribution is -0.113. The van der Waals surface area contributed by atoms with Crippen LogP contribution in [0.25, 0.3) is 6.08 Å². The second kappa shape index (κ2) is 9.21. The van der Waals surface area contributed by atoms with E-state index in [0.717, 1.165) is 26.2 Å². The lowest BCUT2D eigenvalue weighted by Crippen LogP contribution is -2.52. The third-order valence-corrected chi connectivity index (χ3v) is 7.35. The van der Waals surface area contributed by atoms with Crippen molar-refractivity contribution in [2.75, 3.05) is 46.8 Å². The van der Waals surface area contributed by atoms with Gasteiger partial charge in [-0.3, -0.25) is 9.69 Å². The van der Waals surface area contributed by atoms with E-state index in [1.165, 1.54) is 21.6 Å². The van der Waals surface area contributed by atoms with Crippen LogP contribution in [0.15, 0.2) is 34.2 Å². The number of thioether (sulfide) groups is 1. The second-order valence-corrected chi connectivity index (χ2v) is 9.44. The second-order valence-electron chi connectivity index (χ2n) is 8.43. The van der Waals surface area contributed by atoms with Crippen molar-refractivity contribution in [3.05, 3.63) is 40.3 Å². The molecule has 3 aliphatic rings. The number of piperazine rings is 1. The van der Waals surface area contributed by atoms with Crippen LogP contribution >= 0.6 is 11.8 Å². The van der Waals surface area contributed by atoms with E-state index >= 15 is 4.39 Å². The van der Waals surface area contributed by atoms with Crippen molar-refractivity contribution in [3.63, 3.8) is 0 Å². The van der Waals surface area contributed by atoms with Crippen molar-refractivity contribution in [2.45, 2.75) is 24.7 Å². The number of rotatable bonds is 3. The number of carboxylic acid groups (broad SMARTS) is 1. The summed E-state index contributed by atoms with van der Waals surface area (Å²) in [5, 5.41) is 13.7. The normalized spacial score (nSPS) is 27.9. The van der Waals surface area contributed by atoms with Crippen molar-refractivity contribution < 1.29 is 19.1 Å². The number of nitrogens with one attached hydrogen (secondary N) is 1. The van der Waals surface area contributed by atoms with Gasteiger partial charge < -0.3 is 20.2 Å². The lowest BCUT2D eigenvalue weighted by Gasteiger charge is -2.44. The van der Waals surface area contributed by atoms with Crippen LogP contribution in [0.1, 0.15) is 30.0 Å². The van der Waals surface area contributed by atoms with Gasteiger partial charge in [-0.05, 0) is 43.1 Å². The Balaban J connectivity index is 1.63. The highest BCUT2D eigenvalue weighted by atomic mass is 32.2. The van der Waals surface area contributed by atoms with E-state index in [4.69, 9.17) is 0 Å². The molecule has 2 unspecified atom stereocenters. The van der Waals surface area contributed by atoms with Crippen LogP contribution < -0.4 is 5.32 Å². The van der Waals surface area contributed by atoms with E-state index < -0.39 is 17.9 Å². The van der Waals surface area contributed by atoms with E-state index in [2.05, 4.69) is 15.2 Å². The summed E-state index contributed by atoms with van der Waals surface area (Å²) < 4.78 is 15.5. The Hall–Kier alpha value is -2.43. The molecule has 2 saturated heterocycles. The minimum absolute atomic E-state index is 0.0239. The Labute approximate surface area is 191 Å². The van der Waals surface area contributed by atoms with Gasteiger partial charge in [-0.15, -0.1) is 0 Å². The molecule has 10 heteroatoms. The average Bonchev–Trinajstić information content (AvgIpc) is 3.14. The number of amides is 2. The molecule has 0 radical (unpaired) electrons. The number of likely N-dealkylation sites (tertiary alicyclic amines) is 1. The van der Waals surface area contributed by atoms with Gasteiger partial charge in [-0.2, -0.15) is 4.99 Å². The summed E-state index contributed by atoms with van der Waals surface area (Å²) in [5.74, 6) is -1.90. The summed E-state index contributed by atoms with van der Waals surface area (Å²) in [6.07, 6.45) is 0.817. The van der Waals surface area contributed by atoms with Crippen LogP contribution in [0.4, 0.5) is 9.18 Å². The Kier molecular flexibility index (Phi) is 6.55. The number of halogens is 1. The van der Waals surface area contributed by atoms with Crippen LogP contribution in [0, 0.1) is 0 Å². The molecular formula is C22H28FN5O3S. The number of carbonyl (C=O) groups is 2. The highest BCUT2D eigenvalue weighted by Gasteiger charge is 2.44. The fraction of sp³-hybridized carbons (Fsp3) is 0.500. The molecule has 0 spiro atoms. The zero-order chi connectivity index (χ0) is 22.9. The number of carbonyl (C=O) groups excluding carboxylic acids is 1.